The lowest BCUT2D eigenvalue weighted by atomic mass is 9.98. The van der Waals surface area contributed by atoms with Crippen LogP contribution in [0.2, 0.25) is 0 Å². The fraction of sp³-hybridized carbons (Fsp3) is 0.350. The molecule has 0 aliphatic carbocycles. The van der Waals surface area contributed by atoms with Crippen LogP contribution in [0.1, 0.15) is 18.9 Å². The predicted molar refractivity (Wildman–Crippen MR) is 101 cm³/mol. The highest BCUT2D eigenvalue weighted by molar-refractivity contribution is 5.92. The van der Waals surface area contributed by atoms with Gasteiger partial charge in [-0.05, 0) is 16.3 Å². The number of nitrogens with zero attached hydrogens (tertiary/aromatic N) is 1. The molecule has 0 bridgehead atoms. The van der Waals surface area contributed by atoms with Crippen molar-refractivity contribution in [3.63, 3.8) is 0 Å². The highest BCUT2D eigenvalue weighted by Gasteiger charge is 2.38. The van der Waals surface area contributed by atoms with E-state index >= 15 is 0 Å². The molecule has 1 aliphatic rings. The summed E-state index contributed by atoms with van der Waals surface area (Å²) >= 11 is 0. The number of likely N-dealkylation sites (tertiary alicyclic amines) is 1. The molecular formula is C20H23N3O4. The van der Waals surface area contributed by atoms with E-state index in [2.05, 4.69) is 5.32 Å². The number of nitrogens with two attached hydrogens (primary N) is 1. The minimum absolute atomic E-state index is 0.109. The molecule has 27 heavy (non-hydrogen) atoms. The van der Waals surface area contributed by atoms with Crippen LogP contribution in [0.5, 0.6) is 0 Å². The van der Waals surface area contributed by atoms with Gasteiger partial charge in [0.15, 0.2) is 0 Å². The van der Waals surface area contributed by atoms with E-state index in [1.54, 1.807) is 0 Å². The van der Waals surface area contributed by atoms with Gasteiger partial charge in [0, 0.05) is 26.3 Å². The first kappa shape index (κ1) is 18.8. The van der Waals surface area contributed by atoms with Gasteiger partial charge in [-0.2, -0.15) is 0 Å². The van der Waals surface area contributed by atoms with Crippen LogP contribution < -0.4 is 11.1 Å². The third-order valence-corrected chi connectivity index (χ3v) is 4.95. The lowest BCUT2D eigenvalue weighted by Gasteiger charge is -2.24. The minimum Gasteiger partial charge on any atom is -0.391 e. The summed E-state index contributed by atoms with van der Waals surface area (Å²) in [6.45, 7) is 1.46. The van der Waals surface area contributed by atoms with Crippen molar-refractivity contribution in [1.82, 2.24) is 10.2 Å². The number of benzene rings is 2. The second kappa shape index (κ2) is 7.75. The number of primary amides is 1. The number of hydrogen-bond acceptors (Lipinski definition) is 4. The fourth-order valence-electron chi connectivity index (χ4n) is 3.59. The van der Waals surface area contributed by atoms with Crippen LogP contribution in [0.15, 0.2) is 42.5 Å². The molecule has 3 rings (SSSR count). The standard InChI is InChI=1S/C20H23N3O4/c1-12(24)23-11-15(25)10-18(23)20(27)22-17(19(21)26)9-14-7-4-6-13-5-2-3-8-16(13)14/h2-8,15,17-18,25H,9-11H2,1H3,(H2,21,26)(H,22,27)/t15-,17+,18+/m1/s1. The van der Waals surface area contributed by atoms with Crippen molar-refractivity contribution in [2.75, 3.05) is 6.54 Å². The van der Waals surface area contributed by atoms with E-state index < -0.39 is 30.0 Å². The van der Waals surface area contributed by atoms with Crippen LogP contribution in [-0.2, 0) is 20.8 Å². The average molecular weight is 369 g/mol. The van der Waals surface area contributed by atoms with Gasteiger partial charge in [-0.1, -0.05) is 42.5 Å². The summed E-state index contributed by atoms with van der Waals surface area (Å²) in [5.74, 6) is -1.42. The van der Waals surface area contributed by atoms with Gasteiger partial charge in [0.2, 0.25) is 17.7 Å². The maximum Gasteiger partial charge on any atom is 0.243 e. The van der Waals surface area contributed by atoms with Gasteiger partial charge in [-0.3, -0.25) is 14.4 Å². The smallest absolute Gasteiger partial charge is 0.243 e. The zero-order valence-electron chi connectivity index (χ0n) is 15.1. The van der Waals surface area contributed by atoms with E-state index in [1.807, 2.05) is 42.5 Å². The third kappa shape index (κ3) is 4.09. The summed E-state index contributed by atoms with van der Waals surface area (Å²) in [5, 5.41) is 14.5. The molecule has 2 aromatic carbocycles. The average Bonchev–Trinajstić information content (AvgIpc) is 3.03. The van der Waals surface area contributed by atoms with E-state index in [1.165, 1.54) is 11.8 Å². The Bertz CT molecular complexity index is 877. The first-order valence-electron chi connectivity index (χ1n) is 8.88. The van der Waals surface area contributed by atoms with Crippen molar-refractivity contribution >= 4 is 28.5 Å². The maximum absolute atomic E-state index is 12.7. The Hall–Kier alpha value is -2.93. The van der Waals surface area contributed by atoms with E-state index in [-0.39, 0.29) is 25.3 Å². The van der Waals surface area contributed by atoms with Gasteiger partial charge >= 0.3 is 0 Å². The van der Waals surface area contributed by atoms with Crippen molar-refractivity contribution < 1.29 is 19.5 Å². The molecule has 0 unspecified atom stereocenters. The molecule has 1 saturated heterocycles. The van der Waals surface area contributed by atoms with Crippen molar-refractivity contribution in [3.8, 4) is 0 Å². The minimum atomic E-state index is -0.908. The van der Waals surface area contributed by atoms with Crippen LogP contribution in [-0.4, -0.2) is 52.5 Å². The summed E-state index contributed by atoms with van der Waals surface area (Å²) in [4.78, 5) is 37.6. The van der Waals surface area contributed by atoms with Gasteiger partial charge in [0.25, 0.3) is 0 Å². The second-order valence-electron chi connectivity index (χ2n) is 6.88. The molecule has 7 nitrogen and oxygen atoms in total. The number of amides is 3. The zero-order valence-corrected chi connectivity index (χ0v) is 15.1. The van der Waals surface area contributed by atoms with Crippen LogP contribution in [0.3, 0.4) is 0 Å². The predicted octanol–water partition coefficient (Wildman–Crippen LogP) is 0.334. The van der Waals surface area contributed by atoms with E-state index in [9.17, 15) is 19.5 Å². The molecule has 0 aromatic heterocycles. The molecule has 4 N–H and O–H groups in total. The molecule has 1 aliphatic heterocycles. The van der Waals surface area contributed by atoms with Crippen LogP contribution >= 0.6 is 0 Å². The molecular weight excluding hydrogens is 346 g/mol. The molecule has 0 spiro atoms. The monoisotopic (exact) mass is 369 g/mol. The SMILES string of the molecule is CC(=O)N1C[C@H](O)C[C@H]1C(=O)N[C@@H](Cc1cccc2ccccc12)C(N)=O. The number of aliphatic hydroxyl groups excluding tert-OH is 1. The van der Waals surface area contributed by atoms with Crippen LogP contribution in [0.4, 0.5) is 0 Å². The van der Waals surface area contributed by atoms with Crippen LogP contribution in [0, 0.1) is 0 Å². The summed E-state index contributed by atoms with van der Waals surface area (Å²) in [7, 11) is 0. The Morgan fingerprint density at radius 1 is 1.22 bits per heavy atom. The van der Waals surface area contributed by atoms with Crippen molar-refractivity contribution in [2.45, 2.75) is 38.0 Å². The highest BCUT2D eigenvalue weighted by atomic mass is 16.3. The van der Waals surface area contributed by atoms with Gasteiger partial charge in [-0.15, -0.1) is 0 Å². The Kier molecular flexibility index (Phi) is 5.41. The summed E-state index contributed by atoms with van der Waals surface area (Å²) < 4.78 is 0. The summed E-state index contributed by atoms with van der Waals surface area (Å²) in [6, 6.07) is 11.8. The van der Waals surface area contributed by atoms with Gasteiger partial charge in [0.1, 0.15) is 12.1 Å². The Morgan fingerprint density at radius 2 is 1.93 bits per heavy atom. The zero-order chi connectivity index (χ0) is 19.6. The fourth-order valence-corrected chi connectivity index (χ4v) is 3.59. The number of aliphatic hydroxyl groups is 1. The molecule has 3 amide bonds. The maximum atomic E-state index is 12.7. The summed E-state index contributed by atoms with van der Waals surface area (Å²) in [5.41, 5.74) is 6.41. The van der Waals surface area contributed by atoms with Crippen molar-refractivity contribution in [1.29, 1.82) is 0 Å². The largest absolute Gasteiger partial charge is 0.391 e. The summed E-state index contributed by atoms with van der Waals surface area (Å²) in [6.07, 6.45) is -0.363. The molecule has 7 heteroatoms. The molecule has 142 valence electrons. The van der Waals surface area contributed by atoms with Crippen molar-refractivity contribution in [3.05, 3.63) is 48.0 Å². The van der Waals surface area contributed by atoms with Gasteiger partial charge in [-0.25, -0.2) is 0 Å². The quantitative estimate of drug-likeness (QED) is 0.705. The highest BCUT2D eigenvalue weighted by Crippen LogP contribution is 2.21. The first-order valence-corrected chi connectivity index (χ1v) is 8.88. The normalized spacial score (nSPS) is 20.4. The molecule has 2 aromatic rings. The number of rotatable bonds is 5. The van der Waals surface area contributed by atoms with E-state index in [0.717, 1.165) is 16.3 Å². The molecule has 0 radical (unpaired) electrons. The van der Waals surface area contributed by atoms with E-state index in [0.29, 0.717) is 0 Å². The van der Waals surface area contributed by atoms with Gasteiger partial charge in [0.05, 0.1) is 6.10 Å². The number of β-amino-alcohol motifs (C(OH)–C–C–N with tert-alkyl or cyclic N) is 1. The lowest BCUT2D eigenvalue weighted by Crippen LogP contribution is -2.52. The van der Waals surface area contributed by atoms with Crippen molar-refractivity contribution in [2.24, 2.45) is 5.73 Å². The Labute approximate surface area is 157 Å². The molecule has 1 heterocycles. The second-order valence-corrected chi connectivity index (χ2v) is 6.88. The first-order chi connectivity index (χ1) is 12.9. The number of nitrogens with one attached hydrogen (secondary N) is 1. The molecule has 1 fully saturated rings. The van der Waals surface area contributed by atoms with E-state index in [4.69, 9.17) is 5.73 Å². The molecule has 3 atom stereocenters. The number of hydrogen-bond donors (Lipinski definition) is 3. The number of carbonyl (C=O) groups excluding carboxylic acids is 3. The third-order valence-electron chi connectivity index (χ3n) is 4.95. The van der Waals surface area contributed by atoms with Gasteiger partial charge < -0.3 is 21.1 Å². The lowest BCUT2D eigenvalue weighted by molar-refractivity contribution is -0.138. The molecule has 0 saturated carbocycles. The number of carbonyl (C=O) groups is 3. The number of fused-ring (bicyclic) bond motifs is 1. The topological polar surface area (TPSA) is 113 Å². The Morgan fingerprint density at radius 3 is 2.63 bits per heavy atom. The van der Waals surface area contributed by atoms with Crippen LogP contribution in [0.25, 0.3) is 10.8 Å². The Balaban J connectivity index is 1.79.